The Hall–Kier alpha value is -0.370. The van der Waals surface area contributed by atoms with E-state index >= 15 is 0 Å². The first kappa shape index (κ1) is 13.1. The van der Waals surface area contributed by atoms with Gasteiger partial charge >= 0.3 is 0 Å². The summed E-state index contributed by atoms with van der Waals surface area (Å²) in [5.74, 6) is 3.28. The molecular weight excluding hydrogens is 260 g/mol. The predicted molar refractivity (Wildman–Crippen MR) is 80.6 cm³/mol. The Kier molecular flexibility index (Phi) is 2.23. The van der Waals surface area contributed by atoms with Gasteiger partial charge in [0.1, 0.15) is 5.78 Å². The van der Waals surface area contributed by atoms with Crippen molar-refractivity contribution in [3.8, 4) is 0 Å². The zero-order valence-electron chi connectivity index (χ0n) is 13.4. The molecule has 5 aliphatic rings. The predicted octanol–water partition coefficient (Wildman–Crippen LogP) is 3.57. The van der Waals surface area contributed by atoms with Gasteiger partial charge in [0.25, 0.3) is 0 Å². The monoisotopic (exact) mass is 288 g/mol. The van der Waals surface area contributed by atoms with Crippen LogP contribution in [0.1, 0.15) is 65.2 Å². The van der Waals surface area contributed by atoms with Crippen LogP contribution < -0.4 is 0 Å². The number of aliphatic hydroxyl groups excluding tert-OH is 1. The maximum atomic E-state index is 12.4. The van der Waals surface area contributed by atoms with Crippen LogP contribution in [0.15, 0.2) is 0 Å². The van der Waals surface area contributed by atoms with Crippen molar-refractivity contribution in [1.82, 2.24) is 0 Å². The molecule has 0 radical (unpaired) electrons. The molecule has 0 unspecified atom stereocenters. The Balaban J connectivity index is 1.57. The topological polar surface area (TPSA) is 37.3 Å². The quantitative estimate of drug-likeness (QED) is 0.740. The molecule has 21 heavy (non-hydrogen) atoms. The minimum Gasteiger partial charge on any atom is -0.393 e. The van der Waals surface area contributed by atoms with E-state index in [1.54, 1.807) is 0 Å². The van der Waals surface area contributed by atoms with Crippen molar-refractivity contribution in [3.63, 3.8) is 0 Å². The minimum atomic E-state index is -0.0886. The number of hydrogen-bond acceptors (Lipinski definition) is 2. The van der Waals surface area contributed by atoms with Crippen LogP contribution in [0.2, 0.25) is 0 Å². The van der Waals surface area contributed by atoms with Crippen molar-refractivity contribution < 1.29 is 9.90 Å². The van der Waals surface area contributed by atoms with Gasteiger partial charge in [-0.3, -0.25) is 4.79 Å². The Morgan fingerprint density at radius 2 is 1.90 bits per heavy atom. The Labute approximate surface area is 127 Å². The molecule has 0 aromatic heterocycles. The largest absolute Gasteiger partial charge is 0.393 e. The van der Waals surface area contributed by atoms with Crippen LogP contribution in [0.4, 0.5) is 0 Å². The highest BCUT2D eigenvalue weighted by atomic mass is 16.3. The summed E-state index contributed by atoms with van der Waals surface area (Å²) in [5, 5.41) is 11.0. The van der Waals surface area contributed by atoms with Crippen molar-refractivity contribution in [2.75, 3.05) is 0 Å². The number of rotatable bonds is 0. The van der Waals surface area contributed by atoms with Crippen LogP contribution in [-0.4, -0.2) is 17.0 Å². The van der Waals surface area contributed by atoms with Crippen molar-refractivity contribution in [1.29, 1.82) is 0 Å². The Morgan fingerprint density at radius 1 is 1.10 bits per heavy atom. The number of fused-ring (bicyclic) bond motifs is 4. The van der Waals surface area contributed by atoms with Gasteiger partial charge in [-0.05, 0) is 74.0 Å². The summed E-state index contributed by atoms with van der Waals surface area (Å²) in [5.41, 5.74) is 0.598. The molecule has 0 amide bonds. The average Bonchev–Trinajstić information content (AvgIpc) is 3.01. The third-order valence-electron chi connectivity index (χ3n) is 9.28. The SMILES string of the molecule is C[C@@]12CC[C@H]3C[C@@]31[C@@H](O)C[C@H]1[C@H]2CC[C@]2(C)C(=O)CC[C@@H]12. The van der Waals surface area contributed by atoms with E-state index in [-0.39, 0.29) is 16.9 Å². The van der Waals surface area contributed by atoms with Gasteiger partial charge in [-0.15, -0.1) is 0 Å². The summed E-state index contributed by atoms with van der Waals surface area (Å²) >= 11 is 0. The number of carbonyl (C=O) groups excluding carboxylic acids is 1. The molecule has 0 heterocycles. The highest BCUT2D eigenvalue weighted by Gasteiger charge is 2.77. The summed E-state index contributed by atoms with van der Waals surface area (Å²) in [7, 11) is 0. The smallest absolute Gasteiger partial charge is 0.139 e. The van der Waals surface area contributed by atoms with E-state index in [0.717, 1.165) is 37.5 Å². The van der Waals surface area contributed by atoms with Crippen molar-refractivity contribution in [3.05, 3.63) is 0 Å². The van der Waals surface area contributed by atoms with Crippen LogP contribution in [0.25, 0.3) is 0 Å². The van der Waals surface area contributed by atoms with Crippen molar-refractivity contribution in [2.24, 2.45) is 39.9 Å². The molecule has 1 N–H and O–H groups in total. The van der Waals surface area contributed by atoms with Gasteiger partial charge in [0.2, 0.25) is 0 Å². The Morgan fingerprint density at radius 3 is 2.67 bits per heavy atom. The second kappa shape index (κ2) is 3.58. The number of carbonyl (C=O) groups is 1. The summed E-state index contributed by atoms with van der Waals surface area (Å²) in [6, 6.07) is 0. The number of ketones is 1. The van der Waals surface area contributed by atoms with E-state index in [0.29, 0.717) is 23.0 Å². The van der Waals surface area contributed by atoms with Gasteiger partial charge in [0, 0.05) is 17.3 Å². The number of hydrogen-bond donors (Lipinski definition) is 1. The minimum absolute atomic E-state index is 0.0523. The summed E-state index contributed by atoms with van der Waals surface area (Å²) in [6.45, 7) is 4.73. The molecule has 0 aromatic rings. The molecule has 0 aromatic carbocycles. The number of aliphatic hydroxyl groups is 1. The first-order valence-corrected chi connectivity index (χ1v) is 9.15. The van der Waals surface area contributed by atoms with Gasteiger partial charge in [-0.2, -0.15) is 0 Å². The van der Waals surface area contributed by atoms with E-state index in [1.165, 1.54) is 25.7 Å². The molecule has 8 atom stereocenters. The van der Waals surface area contributed by atoms with Crippen LogP contribution in [0, 0.1) is 39.9 Å². The lowest BCUT2D eigenvalue weighted by Crippen LogP contribution is -2.56. The van der Waals surface area contributed by atoms with Gasteiger partial charge in [-0.25, -0.2) is 0 Å². The first-order valence-electron chi connectivity index (χ1n) is 9.15. The molecule has 0 saturated heterocycles. The van der Waals surface area contributed by atoms with Crippen molar-refractivity contribution in [2.45, 2.75) is 71.3 Å². The highest BCUT2D eigenvalue weighted by molar-refractivity contribution is 5.87. The molecule has 0 aliphatic heterocycles. The fraction of sp³-hybridized carbons (Fsp3) is 0.947. The molecule has 5 fully saturated rings. The van der Waals surface area contributed by atoms with E-state index in [2.05, 4.69) is 13.8 Å². The second-order valence-electron chi connectivity index (χ2n) is 9.44. The van der Waals surface area contributed by atoms with Gasteiger partial charge in [-0.1, -0.05) is 13.8 Å². The zero-order valence-corrected chi connectivity index (χ0v) is 13.4. The van der Waals surface area contributed by atoms with Gasteiger partial charge in [0.05, 0.1) is 6.10 Å². The number of Topliss-reactive ketones (excluding diaryl/α,β-unsaturated/α-hetero) is 1. The average molecular weight is 288 g/mol. The summed E-state index contributed by atoms with van der Waals surface area (Å²) in [6.07, 6.45) is 9.10. The van der Waals surface area contributed by atoms with Gasteiger partial charge in [0.15, 0.2) is 0 Å². The third-order valence-corrected chi connectivity index (χ3v) is 9.28. The lowest BCUT2D eigenvalue weighted by Gasteiger charge is -2.59. The maximum Gasteiger partial charge on any atom is 0.139 e. The Bertz CT molecular complexity index is 528. The van der Waals surface area contributed by atoms with E-state index in [4.69, 9.17) is 0 Å². The lowest BCUT2D eigenvalue weighted by atomic mass is 9.46. The summed E-state index contributed by atoms with van der Waals surface area (Å²) in [4.78, 5) is 12.4. The molecule has 5 rings (SSSR count). The third kappa shape index (κ3) is 1.22. The fourth-order valence-electron chi connectivity index (χ4n) is 8.08. The van der Waals surface area contributed by atoms with Crippen LogP contribution in [0.5, 0.6) is 0 Å². The lowest BCUT2D eigenvalue weighted by molar-refractivity contribution is -0.154. The molecule has 116 valence electrons. The van der Waals surface area contributed by atoms with Gasteiger partial charge < -0.3 is 5.11 Å². The molecule has 2 heteroatoms. The summed E-state index contributed by atoms with van der Waals surface area (Å²) < 4.78 is 0. The normalized spacial score (nSPS) is 64.5. The van der Waals surface area contributed by atoms with E-state index in [1.807, 2.05) is 0 Å². The highest BCUT2D eigenvalue weighted by Crippen LogP contribution is 2.81. The standard InChI is InChI=1S/C19H28O2/c1-17-7-6-14-12(13(17)3-4-15(17)20)9-16(21)19-10-11(19)5-8-18(14,19)2/h11-14,16,21H,3-10H2,1-2H3/t11-,12+,13-,14+,16-,17-,18-,19-/m0/s1. The van der Waals surface area contributed by atoms with Crippen LogP contribution in [-0.2, 0) is 4.79 Å². The second-order valence-corrected chi connectivity index (χ2v) is 9.44. The first-order chi connectivity index (χ1) is 9.93. The zero-order chi connectivity index (χ0) is 14.6. The molecule has 2 nitrogen and oxygen atoms in total. The maximum absolute atomic E-state index is 12.4. The molecular formula is C19H28O2. The van der Waals surface area contributed by atoms with Crippen LogP contribution in [0.3, 0.4) is 0 Å². The fourth-order valence-corrected chi connectivity index (χ4v) is 8.08. The van der Waals surface area contributed by atoms with Crippen molar-refractivity contribution >= 4 is 5.78 Å². The van der Waals surface area contributed by atoms with Crippen LogP contribution >= 0.6 is 0 Å². The van der Waals surface area contributed by atoms with E-state index < -0.39 is 0 Å². The molecule has 5 aliphatic carbocycles. The van der Waals surface area contributed by atoms with E-state index in [9.17, 15) is 9.90 Å². The molecule has 5 saturated carbocycles. The molecule has 1 spiro atoms. The molecule has 0 bridgehead atoms.